The van der Waals surface area contributed by atoms with Crippen molar-refractivity contribution < 1.29 is 9.84 Å². The maximum atomic E-state index is 9.64. The van der Waals surface area contributed by atoms with Gasteiger partial charge in [0.1, 0.15) is 29.1 Å². The topological polar surface area (TPSA) is 80.2 Å². The van der Waals surface area contributed by atoms with Crippen molar-refractivity contribution in [1.29, 1.82) is 0 Å². The zero-order valence-corrected chi connectivity index (χ0v) is 22.5. The van der Waals surface area contributed by atoms with Crippen molar-refractivity contribution in [1.82, 2.24) is 15.0 Å². The average molecular weight is 584 g/mol. The third-order valence-electron chi connectivity index (χ3n) is 4.93. The van der Waals surface area contributed by atoms with Gasteiger partial charge in [-0.2, -0.15) is 0 Å². The summed E-state index contributed by atoms with van der Waals surface area (Å²) in [5.41, 5.74) is 2.61. The van der Waals surface area contributed by atoms with Gasteiger partial charge in [0.25, 0.3) is 0 Å². The molecular formula is C25H19BrN4O2S3. The second kappa shape index (κ2) is 10.9. The summed E-state index contributed by atoms with van der Waals surface area (Å²) < 4.78 is 8.97. The number of halogens is 1. The number of fused-ring (bicyclic) bond motifs is 1. The van der Waals surface area contributed by atoms with Crippen LogP contribution >= 0.6 is 50.8 Å². The van der Waals surface area contributed by atoms with Crippen LogP contribution in [0.1, 0.15) is 5.56 Å². The summed E-state index contributed by atoms with van der Waals surface area (Å²) in [6, 6.07) is 21.2. The lowest BCUT2D eigenvalue weighted by atomic mass is 10.2. The van der Waals surface area contributed by atoms with Crippen molar-refractivity contribution in [3.63, 3.8) is 0 Å². The van der Waals surface area contributed by atoms with Crippen molar-refractivity contribution in [2.24, 2.45) is 0 Å². The minimum Gasteiger partial charge on any atom is -0.508 e. The van der Waals surface area contributed by atoms with Crippen molar-refractivity contribution in [2.45, 2.75) is 20.7 Å². The van der Waals surface area contributed by atoms with Crippen LogP contribution in [0.2, 0.25) is 0 Å². The fourth-order valence-electron chi connectivity index (χ4n) is 3.21. The first kappa shape index (κ1) is 23.9. The van der Waals surface area contributed by atoms with Crippen LogP contribution in [0.3, 0.4) is 0 Å². The second-order valence-electron chi connectivity index (χ2n) is 7.35. The molecule has 0 radical (unpaired) electrons. The molecule has 0 amide bonds. The number of benzene rings is 3. The van der Waals surface area contributed by atoms with Gasteiger partial charge >= 0.3 is 0 Å². The third-order valence-corrected chi connectivity index (χ3v) is 8.58. The number of ether oxygens (including phenoxy) is 1. The molecule has 0 fully saturated rings. The van der Waals surface area contributed by atoms with Gasteiger partial charge in [0.05, 0.1) is 5.69 Å². The standard InChI is InChI=1S/C25H19BrN4O2S3/c1-33-25-30-24-22(35-25)23(27-14-28-24)29-20-12-18(32-13-15-2-4-16(26)5-3-15)8-11-21(20)34-19-9-6-17(31)7-10-19/h2-12,14,31H,13H2,1H3,(H,27,28,29). The number of nitrogens with zero attached hydrogens (tertiary/aromatic N) is 3. The van der Waals surface area contributed by atoms with E-state index >= 15 is 0 Å². The highest BCUT2D eigenvalue weighted by Gasteiger charge is 2.14. The first-order valence-corrected chi connectivity index (χ1v) is 14.1. The summed E-state index contributed by atoms with van der Waals surface area (Å²) in [4.78, 5) is 15.4. The predicted molar refractivity (Wildman–Crippen MR) is 147 cm³/mol. The van der Waals surface area contributed by atoms with Crippen LogP contribution in [0.25, 0.3) is 10.3 Å². The largest absolute Gasteiger partial charge is 0.508 e. The number of thiazole rings is 1. The van der Waals surface area contributed by atoms with Gasteiger partial charge in [0.2, 0.25) is 0 Å². The van der Waals surface area contributed by atoms with E-state index in [1.165, 1.54) is 6.33 Å². The lowest BCUT2D eigenvalue weighted by molar-refractivity contribution is 0.306. The molecule has 0 saturated heterocycles. The number of thioether (sulfide) groups is 1. The zero-order chi connectivity index (χ0) is 24.2. The summed E-state index contributed by atoms with van der Waals surface area (Å²) in [6.07, 6.45) is 3.52. The van der Waals surface area contributed by atoms with E-state index in [0.29, 0.717) is 18.1 Å². The molecule has 2 aromatic heterocycles. The Hall–Kier alpha value is -2.79. The molecule has 0 aliphatic heterocycles. The summed E-state index contributed by atoms with van der Waals surface area (Å²) in [5, 5.41) is 13.1. The Balaban J connectivity index is 1.46. The molecule has 0 spiro atoms. The lowest BCUT2D eigenvalue weighted by Gasteiger charge is -2.14. The van der Waals surface area contributed by atoms with Crippen LogP contribution in [0.5, 0.6) is 11.5 Å². The number of aromatic nitrogens is 3. The quantitative estimate of drug-likeness (QED) is 0.180. The monoisotopic (exact) mass is 582 g/mol. The highest BCUT2D eigenvalue weighted by atomic mass is 79.9. The summed E-state index contributed by atoms with van der Waals surface area (Å²) in [6.45, 7) is 0.459. The van der Waals surface area contributed by atoms with E-state index in [2.05, 4.69) is 36.2 Å². The summed E-state index contributed by atoms with van der Waals surface area (Å²) in [5.74, 6) is 1.68. The number of hydrogen-bond acceptors (Lipinski definition) is 9. The molecule has 5 aromatic rings. The highest BCUT2D eigenvalue weighted by Crippen LogP contribution is 2.39. The summed E-state index contributed by atoms with van der Waals surface area (Å²) in [7, 11) is 0. The first-order chi connectivity index (χ1) is 17.1. The van der Waals surface area contributed by atoms with Gasteiger partial charge in [-0.3, -0.25) is 0 Å². The minimum absolute atomic E-state index is 0.238. The van der Waals surface area contributed by atoms with Gasteiger partial charge in [-0.15, -0.1) is 11.3 Å². The molecule has 0 bridgehead atoms. The van der Waals surface area contributed by atoms with Crippen LogP contribution in [-0.4, -0.2) is 26.3 Å². The van der Waals surface area contributed by atoms with Crippen LogP contribution < -0.4 is 10.1 Å². The van der Waals surface area contributed by atoms with Gasteiger partial charge in [-0.05, 0) is 60.4 Å². The minimum atomic E-state index is 0.238. The maximum absolute atomic E-state index is 9.64. The van der Waals surface area contributed by atoms with Crippen LogP contribution in [0.15, 0.2) is 91.7 Å². The van der Waals surface area contributed by atoms with E-state index in [0.717, 1.165) is 40.3 Å². The molecule has 0 unspecified atom stereocenters. The lowest BCUT2D eigenvalue weighted by Crippen LogP contribution is -1.99. The number of phenols is 1. The van der Waals surface area contributed by atoms with Crippen molar-refractivity contribution in [3.05, 3.63) is 83.1 Å². The van der Waals surface area contributed by atoms with E-state index in [1.807, 2.05) is 60.9 Å². The van der Waals surface area contributed by atoms with E-state index in [9.17, 15) is 5.11 Å². The molecule has 2 heterocycles. The maximum Gasteiger partial charge on any atom is 0.176 e. The second-order valence-corrected chi connectivity index (χ2v) is 11.4. The Morgan fingerprint density at radius 1 is 1.03 bits per heavy atom. The zero-order valence-electron chi connectivity index (χ0n) is 18.4. The SMILES string of the molecule is CSc1nc2ncnc(Nc3cc(OCc4ccc(Br)cc4)ccc3Sc3ccc(O)cc3)c2s1. The molecule has 176 valence electrons. The molecule has 0 aliphatic rings. The van der Waals surface area contributed by atoms with Crippen molar-refractivity contribution >= 4 is 72.6 Å². The highest BCUT2D eigenvalue weighted by molar-refractivity contribution is 9.10. The molecule has 0 aliphatic carbocycles. The van der Waals surface area contributed by atoms with E-state index in [-0.39, 0.29) is 5.75 Å². The Labute approximate surface area is 223 Å². The van der Waals surface area contributed by atoms with E-state index in [4.69, 9.17) is 4.74 Å². The molecule has 0 saturated carbocycles. The Bertz CT molecular complexity index is 1460. The Kier molecular flexibility index (Phi) is 7.43. The van der Waals surface area contributed by atoms with E-state index in [1.54, 1.807) is 47.0 Å². The van der Waals surface area contributed by atoms with Gasteiger partial charge in [0.15, 0.2) is 15.8 Å². The molecule has 10 heteroatoms. The predicted octanol–water partition coefficient (Wildman–Crippen LogP) is 7.75. The van der Waals surface area contributed by atoms with Gasteiger partial charge in [-0.25, -0.2) is 15.0 Å². The number of aromatic hydroxyl groups is 1. The number of rotatable bonds is 8. The number of hydrogen-bond donors (Lipinski definition) is 2. The van der Waals surface area contributed by atoms with Crippen molar-refractivity contribution in [3.8, 4) is 11.5 Å². The molecule has 2 N–H and O–H groups in total. The van der Waals surface area contributed by atoms with Crippen LogP contribution in [0.4, 0.5) is 11.5 Å². The number of nitrogens with one attached hydrogen (secondary N) is 1. The molecule has 35 heavy (non-hydrogen) atoms. The smallest absolute Gasteiger partial charge is 0.176 e. The molecule has 0 atom stereocenters. The van der Waals surface area contributed by atoms with Gasteiger partial charge in [-0.1, -0.05) is 51.6 Å². The molecular weight excluding hydrogens is 564 g/mol. The Morgan fingerprint density at radius 2 is 1.83 bits per heavy atom. The third kappa shape index (κ3) is 5.90. The fourth-order valence-corrected chi connectivity index (χ4v) is 5.82. The van der Waals surface area contributed by atoms with Gasteiger partial charge < -0.3 is 15.2 Å². The average Bonchev–Trinajstić information content (AvgIpc) is 3.31. The Morgan fingerprint density at radius 3 is 2.60 bits per heavy atom. The first-order valence-electron chi connectivity index (χ1n) is 10.5. The van der Waals surface area contributed by atoms with Crippen LogP contribution in [0, 0.1) is 0 Å². The summed E-state index contributed by atoms with van der Waals surface area (Å²) >= 11 is 8.20. The van der Waals surface area contributed by atoms with Crippen molar-refractivity contribution in [2.75, 3.05) is 11.6 Å². The van der Waals surface area contributed by atoms with E-state index < -0.39 is 0 Å². The number of phenolic OH excluding ortho intramolecular Hbond substituents is 1. The molecule has 6 nitrogen and oxygen atoms in total. The van der Waals surface area contributed by atoms with Gasteiger partial charge in [0, 0.05) is 20.3 Å². The normalized spacial score (nSPS) is 11.0. The number of anilines is 2. The fraction of sp³-hybridized carbons (Fsp3) is 0.0800. The van der Waals surface area contributed by atoms with Crippen LogP contribution in [-0.2, 0) is 6.61 Å². The molecule has 5 rings (SSSR count). The molecule has 3 aromatic carbocycles.